The summed E-state index contributed by atoms with van der Waals surface area (Å²) in [6.07, 6.45) is 0. The van der Waals surface area contributed by atoms with Gasteiger partial charge in [-0.05, 0) is 18.1 Å². The predicted octanol–water partition coefficient (Wildman–Crippen LogP) is 1.58. The van der Waals surface area contributed by atoms with Gasteiger partial charge in [-0.1, -0.05) is 19.9 Å². The summed E-state index contributed by atoms with van der Waals surface area (Å²) in [5.74, 6) is 1.50. The van der Waals surface area contributed by atoms with Gasteiger partial charge in [-0.2, -0.15) is 0 Å². The van der Waals surface area contributed by atoms with E-state index < -0.39 is 0 Å². The number of carbonyl (C=O) groups is 1. The van der Waals surface area contributed by atoms with E-state index in [-0.39, 0.29) is 5.91 Å². The van der Waals surface area contributed by atoms with E-state index in [1.807, 2.05) is 18.2 Å². The van der Waals surface area contributed by atoms with E-state index in [1.54, 1.807) is 6.07 Å². The standard InChI is InChI=1S/C15H24N4O2/c1-11(2)10-18-15(16)17-7-8-21-14-6-4-5-13(9-14)19-12(3)20/h4-6,9,11H,7-8,10H2,1-3H3,(H,19,20)(H3,16,17,18). The van der Waals surface area contributed by atoms with Crippen LogP contribution in [0.5, 0.6) is 5.75 Å². The normalized spacial score (nSPS) is 11.3. The van der Waals surface area contributed by atoms with Crippen molar-refractivity contribution in [3.05, 3.63) is 24.3 Å². The molecule has 0 unspecified atom stereocenters. The van der Waals surface area contributed by atoms with Crippen molar-refractivity contribution < 1.29 is 9.53 Å². The molecule has 0 bridgehead atoms. The maximum absolute atomic E-state index is 11.0. The number of benzene rings is 1. The first-order chi connectivity index (χ1) is 9.97. The molecule has 0 aromatic heterocycles. The molecule has 0 aliphatic rings. The van der Waals surface area contributed by atoms with Crippen LogP contribution in [0.15, 0.2) is 29.3 Å². The lowest BCUT2D eigenvalue weighted by Crippen LogP contribution is -2.35. The van der Waals surface area contributed by atoms with Gasteiger partial charge in [-0.25, -0.2) is 0 Å². The Kier molecular flexibility index (Phi) is 7.08. The smallest absolute Gasteiger partial charge is 0.221 e. The minimum atomic E-state index is -0.108. The third-order valence-electron chi connectivity index (χ3n) is 2.46. The Balaban J connectivity index is 2.32. The molecule has 0 aliphatic heterocycles. The molecular formula is C15H24N4O2. The Morgan fingerprint density at radius 1 is 1.43 bits per heavy atom. The van der Waals surface area contributed by atoms with Crippen LogP contribution >= 0.6 is 0 Å². The highest BCUT2D eigenvalue weighted by Crippen LogP contribution is 2.16. The number of nitrogens with two attached hydrogens (primary N) is 1. The fourth-order valence-corrected chi connectivity index (χ4v) is 1.55. The van der Waals surface area contributed by atoms with Gasteiger partial charge in [-0.3, -0.25) is 9.79 Å². The molecule has 0 fully saturated rings. The molecular weight excluding hydrogens is 268 g/mol. The number of guanidine groups is 1. The second-order valence-corrected chi connectivity index (χ2v) is 5.10. The number of hydrogen-bond acceptors (Lipinski definition) is 3. The SMILES string of the molecule is CC(=O)Nc1cccc(OCCNC(N)=NCC(C)C)c1. The van der Waals surface area contributed by atoms with Crippen molar-refractivity contribution in [1.29, 1.82) is 0 Å². The minimum Gasteiger partial charge on any atom is -0.492 e. The van der Waals surface area contributed by atoms with Gasteiger partial charge in [0.1, 0.15) is 12.4 Å². The maximum Gasteiger partial charge on any atom is 0.221 e. The summed E-state index contributed by atoms with van der Waals surface area (Å²) in [4.78, 5) is 15.2. The number of amides is 1. The van der Waals surface area contributed by atoms with Crippen LogP contribution in [0.4, 0.5) is 5.69 Å². The quantitative estimate of drug-likeness (QED) is 0.404. The summed E-state index contributed by atoms with van der Waals surface area (Å²) < 4.78 is 5.58. The number of nitrogens with zero attached hydrogens (tertiary/aromatic N) is 1. The fourth-order valence-electron chi connectivity index (χ4n) is 1.55. The Labute approximate surface area is 125 Å². The van der Waals surface area contributed by atoms with Crippen molar-refractivity contribution in [1.82, 2.24) is 5.32 Å². The van der Waals surface area contributed by atoms with E-state index in [1.165, 1.54) is 6.92 Å². The van der Waals surface area contributed by atoms with Crippen LogP contribution < -0.4 is 21.1 Å². The third kappa shape index (κ3) is 7.81. The Morgan fingerprint density at radius 3 is 2.86 bits per heavy atom. The van der Waals surface area contributed by atoms with Gasteiger partial charge in [0, 0.05) is 25.2 Å². The van der Waals surface area contributed by atoms with Gasteiger partial charge in [-0.15, -0.1) is 0 Å². The lowest BCUT2D eigenvalue weighted by Gasteiger charge is -2.10. The topological polar surface area (TPSA) is 88.7 Å². The molecule has 0 spiro atoms. The molecule has 116 valence electrons. The van der Waals surface area contributed by atoms with E-state index in [2.05, 4.69) is 29.5 Å². The Morgan fingerprint density at radius 2 is 2.19 bits per heavy atom. The zero-order chi connectivity index (χ0) is 15.7. The predicted molar refractivity (Wildman–Crippen MR) is 85.6 cm³/mol. The van der Waals surface area contributed by atoms with Gasteiger partial charge in [0.2, 0.25) is 5.91 Å². The monoisotopic (exact) mass is 292 g/mol. The second-order valence-electron chi connectivity index (χ2n) is 5.10. The summed E-state index contributed by atoms with van der Waals surface area (Å²) in [5, 5.41) is 5.70. The first-order valence-corrected chi connectivity index (χ1v) is 7.01. The Hall–Kier alpha value is -2.24. The number of nitrogens with one attached hydrogen (secondary N) is 2. The van der Waals surface area contributed by atoms with Gasteiger partial charge >= 0.3 is 0 Å². The van der Waals surface area contributed by atoms with Crippen LogP contribution in [0.2, 0.25) is 0 Å². The first kappa shape index (κ1) is 16.8. The molecule has 1 aromatic rings. The molecule has 0 radical (unpaired) electrons. The van der Waals surface area contributed by atoms with E-state index >= 15 is 0 Å². The van der Waals surface area contributed by atoms with E-state index in [9.17, 15) is 4.79 Å². The maximum atomic E-state index is 11.0. The number of ether oxygens (including phenoxy) is 1. The largest absolute Gasteiger partial charge is 0.492 e. The first-order valence-electron chi connectivity index (χ1n) is 7.01. The van der Waals surface area contributed by atoms with Gasteiger partial charge < -0.3 is 21.1 Å². The molecule has 6 heteroatoms. The zero-order valence-electron chi connectivity index (χ0n) is 12.8. The number of carbonyl (C=O) groups excluding carboxylic acids is 1. The number of aliphatic imine (C=N–C) groups is 1. The summed E-state index contributed by atoms with van der Waals surface area (Å²) in [7, 11) is 0. The molecule has 4 N–H and O–H groups in total. The fraction of sp³-hybridized carbons (Fsp3) is 0.467. The van der Waals surface area contributed by atoms with Crippen LogP contribution in [0.1, 0.15) is 20.8 Å². The van der Waals surface area contributed by atoms with Crippen LogP contribution in [0, 0.1) is 5.92 Å². The van der Waals surface area contributed by atoms with Gasteiger partial charge in [0.05, 0.1) is 6.54 Å². The summed E-state index contributed by atoms with van der Waals surface area (Å²) in [6.45, 7) is 7.37. The number of hydrogen-bond donors (Lipinski definition) is 3. The molecule has 0 saturated heterocycles. The lowest BCUT2D eigenvalue weighted by molar-refractivity contribution is -0.114. The van der Waals surface area contributed by atoms with Crippen molar-refractivity contribution >= 4 is 17.6 Å². The van der Waals surface area contributed by atoms with Crippen LogP contribution in [-0.4, -0.2) is 31.6 Å². The average molecular weight is 292 g/mol. The molecule has 0 atom stereocenters. The van der Waals surface area contributed by atoms with E-state index in [0.717, 1.165) is 0 Å². The van der Waals surface area contributed by atoms with Gasteiger partial charge in [0.15, 0.2) is 5.96 Å². The minimum absolute atomic E-state index is 0.108. The highest BCUT2D eigenvalue weighted by molar-refractivity contribution is 5.88. The van der Waals surface area contributed by atoms with Crippen molar-refractivity contribution in [2.45, 2.75) is 20.8 Å². The molecule has 0 heterocycles. The zero-order valence-corrected chi connectivity index (χ0v) is 12.8. The average Bonchev–Trinajstić information content (AvgIpc) is 2.41. The third-order valence-corrected chi connectivity index (χ3v) is 2.46. The molecule has 1 rings (SSSR count). The second kappa shape index (κ2) is 8.84. The van der Waals surface area contributed by atoms with E-state index in [0.29, 0.717) is 43.0 Å². The van der Waals surface area contributed by atoms with Crippen molar-refractivity contribution in [3.8, 4) is 5.75 Å². The number of rotatable bonds is 7. The highest BCUT2D eigenvalue weighted by Gasteiger charge is 1.99. The molecule has 0 aliphatic carbocycles. The molecule has 0 saturated carbocycles. The van der Waals surface area contributed by atoms with Gasteiger partial charge in [0.25, 0.3) is 0 Å². The summed E-state index contributed by atoms with van der Waals surface area (Å²) in [5.41, 5.74) is 6.43. The van der Waals surface area contributed by atoms with Crippen molar-refractivity contribution in [2.75, 3.05) is 25.0 Å². The molecule has 6 nitrogen and oxygen atoms in total. The van der Waals surface area contributed by atoms with Crippen molar-refractivity contribution in [3.63, 3.8) is 0 Å². The summed E-state index contributed by atoms with van der Waals surface area (Å²) >= 11 is 0. The molecule has 1 amide bonds. The molecule has 21 heavy (non-hydrogen) atoms. The van der Waals surface area contributed by atoms with E-state index in [4.69, 9.17) is 10.5 Å². The summed E-state index contributed by atoms with van der Waals surface area (Å²) in [6, 6.07) is 7.24. The van der Waals surface area contributed by atoms with Crippen LogP contribution in [-0.2, 0) is 4.79 Å². The Bertz CT molecular complexity index is 486. The van der Waals surface area contributed by atoms with Crippen LogP contribution in [0.3, 0.4) is 0 Å². The van der Waals surface area contributed by atoms with Crippen LogP contribution in [0.25, 0.3) is 0 Å². The number of anilines is 1. The lowest BCUT2D eigenvalue weighted by atomic mass is 10.2. The molecule has 1 aromatic carbocycles. The van der Waals surface area contributed by atoms with Crippen molar-refractivity contribution in [2.24, 2.45) is 16.6 Å². The highest BCUT2D eigenvalue weighted by atomic mass is 16.5.